The van der Waals surface area contributed by atoms with Crippen LogP contribution < -0.4 is 11.1 Å². The molecule has 1 radical (unpaired) electrons. The first kappa shape index (κ1) is 14.3. The van der Waals surface area contributed by atoms with E-state index >= 15 is 0 Å². The summed E-state index contributed by atoms with van der Waals surface area (Å²) in [5.41, 5.74) is 3.90. The van der Waals surface area contributed by atoms with Crippen LogP contribution in [-0.2, 0) is 10.5 Å². The van der Waals surface area contributed by atoms with Crippen LogP contribution in [0.2, 0.25) is 0 Å². The minimum atomic E-state index is -1.83. The minimum Gasteiger partial charge on any atom is -0.444 e. The molecule has 1 rings (SSSR count). The molecule has 0 aliphatic rings. The first-order valence-electron chi connectivity index (χ1n) is 5.56. The molecule has 0 aromatic heterocycles. The van der Waals surface area contributed by atoms with Gasteiger partial charge in [-0.3, -0.25) is 5.32 Å². The van der Waals surface area contributed by atoms with Crippen molar-refractivity contribution in [2.75, 3.05) is 5.73 Å². The van der Waals surface area contributed by atoms with Gasteiger partial charge in [-0.05, 0) is 26.8 Å². The number of benzene rings is 1. The van der Waals surface area contributed by atoms with E-state index in [2.05, 4.69) is 12.2 Å². The number of para-hydroxylation sites is 1. The van der Waals surface area contributed by atoms with Crippen LogP contribution in [0.25, 0.3) is 0 Å². The van der Waals surface area contributed by atoms with Crippen molar-refractivity contribution in [3.05, 3.63) is 36.8 Å². The molecular weight excluding hydrogens is 232 g/mol. The van der Waals surface area contributed by atoms with Gasteiger partial charge >= 0.3 is 6.09 Å². The summed E-state index contributed by atoms with van der Waals surface area (Å²) in [6.45, 7) is 8.72. The molecule has 1 atom stereocenters. The highest BCUT2D eigenvalue weighted by atomic mass is 16.6. The van der Waals surface area contributed by atoms with Crippen LogP contribution >= 0.6 is 0 Å². The Morgan fingerprint density at radius 1 is 1.39 bits per heavy atom. The Morgan fingerprint density at radius 3 is 2.44 bits per heavy atom. The number of ether oxygens (including phenoxy) is 1. The molecule has 0 heterocycles. The minimum absolute atomic E-state index is 0.316. The first-order valence-corrected chi connectivity index (χ1v) is 5.56. The average molecular weight is 251 g/mol. The molecule has 1 aromatic carbocycles. The largest absolute Gasteiger partial charge is 0.444 e. The second kappa shape index (κ2) is 4.86. The lowest BCUT2D eigenvalue weighted by Crippen LogP contribution is -2.46. The third kappa shape index (κ3) is 3.92. The summed E-state index contributed by atoms with van der Waals surface area (Å²) < 4.78 is 5.04. The van der Waals surface area contributed by atoms with Crippen molar-refractivity contribution < 1.29 is 14.6 Å². The predicted molar refractivity (Wildman–Crippen MR) is 69.5 cm³/mol. The normalized spacial score (nSPS) is 14.7. The molecule has 0 spiro atoms. The Labute approximate surface area is 107 Å². The lowest BCUT2D eigenvalue weighted by molar-refractivity contribution is 0.00950. The number of nitrogens with two attached hydrogens (primary N) is 1. The molecule has 0 aliphatic carbocycles. The molecular formula is C13H19N2O3. The van der Waals surface area contributed by atoms with Crippen LogP contribution in [0.15, 0.2) is 24.3 Å². The van der Waals surface area contributed by atoms with Crippen LogP contribution in [0.3, 0.4) is 0 Å². The van der Waals surface area contributed by atoms with E-state index in [1.807, 2.05) is 0 Å². The Kier molecular flexibility index (Phi) is 3.86. The maximum Gasteiger partial charge on any atom is 0.410 e. The van der Waals surface area contributed by atoms with Crippen LogP contribution in [-0.4, -0.2) is 16.8 Å². The van der Waals surface area contributed by atoms with Crippen molar-refractivity contribution in [3.8, 4) is 0 Å². The zero-order chi connectivity index (χ0) is 14.0. The fourth-order valence-electron chi connectivity index (χ4n) is 1.41. The van der Waals surface area contributed by atoms with Gasteiger partial charge in [0, 0.05) is 18.2 Å². The zero-order valence-corrected chi connectivity index (χ0v) is 10.9. The highest BCUT2D eigenvalue weighted by Gasteiger charge is 2.29. The third-order valence-electron chi connectivity index (χ3n) is 2.11. The van der Waals surface area contributed by atoms with Crippen molar-refractivity contribution in [1.82, 2.24) is 5.32 Å². The summed E-state index contributed by atoms with van der Waals surface area (Å²) >= 11 is 0. The highest BCUT2D eigenvalue weighted by molar-refractivity contribution is 5.69. The molecule has 0 saturated carbocycles. The number of anilines is 1. The molecule has 1 unspecified atom stereocenters. The number of carbonyl (C=O) groups is 1. The number of hydrogen-bond donors (Lipinski definition) is 3. The molecule has 0 saturated heterocycles. The number of hydrogen-bond acceptors (Lipinski definition) is 4. The highest BCUT2D eigenvalue weighted by Crippen LogP contribution is 2.23. The molecule has 4 N–H and O–H groups in total. The molecule has 5 heteroatoms. The smallest absolute Gasteiger partial charge is 0.410 e. The number of rotatable bonds is 2. The molecule has 18 heavy (non-hydrogen) atoms. The Balaban J connectivity index is 2.83. The molecule has 1 amide bonds. The third-order valence-corrected chi connectivity index (χ3v) is 2.11. The van der Waals surface area contributed by atoms with E-state index in [0.717, 1.165) is 0 Å². The second-order valence-corrected chi connectivity index (χ2v) is 5.07. The molecule has 0 aliphatic heterocycles. The maximum atomic E-state index is 11.6. The molecule has 1 aromatic rings. The number of amides is 1. The van der Waals surface area contributed by atoms with E-state index in [1.54, 1.807) is 45.0 Å². The Bertz CT molecular complexity index is 436. The van der Waals surface area contributed by atoms with Gasteiger partial charge in [0.05, 0.1) is 0 Å². The van der Waals surface area contributed by atoms with Gasteiger partial charge < -0.3 is 15.6 Å². The monoisotopic (exact) mass is 251 g/mol. The standard InChI is InChI=1S/C13H19N2O3/c1-12(2,3)18-11(16)15-13(4,17)9-7-5-6-8-10(9)14/h5-8,17H,4,14H2,1-3H3,(H,15,16). The van der Waals surface area contributed by atoms with Crippen molar-refractivity contribution in [2.24, 2.45) is 0 Å². The summed E-state index contributed by atoms with van der Waals surface area (Å²) in [6.07, 6.45) is -0.761. The quantitative estimate of drug-likeness (QED) is 0.552. The van der Waals surface area contributed by atoms with Gasteiger partial charge in [0.15, 0.2) is 5.72 Å². The molecule has 5 nitrogen and oxygen atoms in total. The summed E-state index contributed by atoms with van der Waals surface area (Å²) in [5, 5.41) is 12.4. The van der Waals surface area contributed by atoms with Gasteiger partial charge in [0.2, 0.25) is 0 Å². The van der Waals surface area contributed by atoms with Gasteiger partial charge in [-0.1, -0.05) is 18.2 Å². The Morgan fingerprint density at radius 2 is 1.94 bits per heavy atom. The van der Waals surface area contributed by atoms with Crippen LogP contribution in [0.4, 0.5) is 10.5 Å². The number of alkyl carbamates (subject to hydrolysis) is 1. The lowest BCUT2D eigenvalue weighted by Gasteiger charge is -2.28. The fourth-order valence-corrected chi connectivity index (χ4v) is 1.41. The van der Waals surface area contributed by atoms with E-state index in [-0.39, 0.29) is 0 Å². The zero-order valence-electron chi connectivity index (χ0n) is 10.9. The molecule has 0 fully saturated rings. The van der Waals surface area contributed by atoms with Crippen LogP contribution in [0, 0.1) is 6.92 Å². The van der Waals surface area contributed by atoms with Crippen molar-refractivity contribution >= 4 is 11.8 Å². The van der Waals surface area contributed by atoms with Crippen molar-refractivity contribution in [2.45, 2.75) is 32.1 Å². The molecule has 99 valence electrons. The van der Waals surface area contributed by atoms with Gasteiger partial charge in [-0.15, -0.1) is 0 Å². The number of nitrogen functional groups attached to an aromatic ring is 1. The van der Waals surface area contributed by atoms with E-state index in [0.29, 0.717) is 11.3 Å². The molecule has 0 bridgehead atoms. The second-order valence-electron chi connectivity index (χ2n) is 5.07. The van der Waals surface area contributed by atoms with Gasteiger partial charge in [0.1, 0.15) is 5.60 Å². The maximum absolute atomic E-state index is 11.6. The lowest BCUT2D eigenvalue weighted by atomic mass is 10.0. The van der Waals surface area contributed by atoms with Crippen molar-refractivity contribution in [1.29, 1.82) is 0 Å². The number of aliphatic hydroxyl groups is 1. The average Bonchev–Trinajstić information content (AvgIpc) is 2.13. The van der Waals surface area contributed by atoms with Crippen LogP contribution in [0.5, 0.6) is 0 Å². The number of nitrogens with one attached hydrogen (secondary N) is 1. The number of carbonyl (C=O) groups excluding carboxylic acids is 1. The van der Waals surface area contributed by atoms with E-state index in [9.17, 15) is 9.90 Å². The van der Waals surface area contributed by atoms with Gasteiger partial charge in [-0.2, -0.15) is 0 Å². The SMILES string of the molecule is [CH2]C(O)(NC(=O)OC(C)(C)C)c1ccccc1N. The Hall–Kier alpha value is -1.75. The summed E-state index contributed by atoms with van der Waals surface area (Å²) in [4.78, 5) is 11.6. The van der Waals surface area contributed by atoms with E-state index < -0.39 is 17.4 Å². The topological polar surface area (TPSA) is 84.6 Å². The summed E-state index contributed by atoms with van der Waals surface area (Å²) in [7, 11) is 0. The first-order chi connectivity index (χ1) is 8.12. The summed E-state index contributed by atoms with van der Waals surface area (Å²) in [6, 6.07) is 6.61. The van der Waals surface area contributed by atoms with Gasteiger partial charge in [-0.25, -0.2) is 4.79 Å². The predicted octanol–water partition coefficient (Wildman–Crippen LogP) is 1.77. The van der Waals surface area contributed by atoms with Gasteiger partial charge in [0.25, 0.3) is 0 Å². The fraction of sp³-hybridized carbons (Fsp3) is 0.385. The van der Waals surface area contributed by atoms with E-state index in [4.69, 9.17) is 10.5 Å². The van der Waals surface area contributed by atoms with E-state index in [1.165, 1.54) is 0 Å². The van der Waals surface area contributed by atoms with Crippen LogP contribution in [0.1, 0.15) is 26.3 Å². The van der Waals surface area contributed by atoms with Crippen molar-refractivity contribution in [3.63, 3.8) is 0 Å². The summed E-state index contributed by atoms with van der Waals surface area (Å²) in [5.74, 6) is 0.